The van der Waals surface area contributed by atoms with E-state index in [0.717, 1.165) is 4.47 Å². The van der Waals surface area contributed by atoms with Crippen molar-refractivity contribution < 1.29 is 9.18 Å². The van der Waals surface area contributed by atoms with Crippen LogP contribution in [0.25, 0.3) is 0 Å². The van der Waals surface area contributed by atoms with E-state index in [9.17, 15) is 4.79 Å². The molecule has 0 saturated heterocycles. The monoisotopic (exact) mass is 429 g/mol. The van der Waals surface area contributed by atoms with Gasteiger partial charge in [0.25, 0.3) is 5.91 Å². The van der Waals surface area contributed by atoms with Gasteiger partial charge >= 0.3 is 0 Å². The van der Waals surface area contributed by atoms with Gasteiger partial charge in [0.2, 0.25) is 5.67 Å². The van der Waals surface area contributed by atoms with Crippen LogP contribution in [0.2, 0.25) is 0 Å². The first-order valence-corrected chi connectivity index (χ1v) is 8.27. The smallest absolute Gasteiger partial charge is 0.267 e. The number of rotatable bonds is 5. The second kappa shape index (κ2) is 7.28. The fraction of sp³-hybridized carbons (Fsp3) is 0.267. The second-order valence-corrected chi connectivity index (χ2v) is 6.59. The molecule has 2 aromatic heterocycles. The van der Waals surface area contributed by atoms with Crippen molar-refractivity contribution in [1.29, 1.82) is 0 Å². The summed E-state index contributed by atoms with van der Waals surface area (Å²) in [6.45, 7) is 1.82. The molecule has 1 N–H and O–H groups in total. The molecule has 0 radical (unpaired) electrons. The summed E-state index contributed by atoms with van der Waals surface area (Å²) in [6.07, 6.45) is 5.03. The number of halogens is 3. The molecule has 0 aromatic carbocycles. The van der Waals surface area contributed by atoms with Gasteiger partial charge in [-0.3, -0.25) is 9.78 Å². The van der Waals surface area contributed by atoms with Gasteiger partial charge in [0.15, 0.2) is 0 Å². The third kappa shape index (κ3) is 3.89. The predicted molar refractivity (Wildman–Crippen MR) is 90.2 cm³/mol. The number of hydrogen-bond acceptors (Lipinski definition) is 3. The fourth-order valence-electron chi connectivity index (χ4n) is 2.03. The molecular weight excluding hydrogens is 417 g/mol. The number of aromatic nitrogens is 2. The van der Waals surface area contributed by atoms with E-state index in [2.05, 4.69) is 47.1 Å². The summed E-state index contributed by atoms with van der Waals surface area (Å²) in [5.74, 6) is -0.446. The number of anilines is 1. The highest BCUT2D eigenvalue weighted by Crippen LogP contribution is 2.33. The number of carbonyl (C=O) groups excluding carboxylic acids is 1. The molecule has 0 saturated carbocycles. The summed E-state index contributed by atoms with van der Waals surface area (Å²) in [6, 6.07) is 4.90. The second-order valence-electron chi connectivity index (χ2n) is 4.76. The third-order valence-electron chi connectivity index (χ3n) is 3.09. The van der Waals surface area contributed by atoms with Crippen molar-refractivity contribution in [2.75, 3.05) is 5.32 Å². The molecule has 0 bridgehead atoms. The minimum Gasteiger partial charge on any atom is -0.308 e. The highest BCUT2D eigenvalue weighted by atomic mass is 79.9. The van der Waals surface area contributed by atoms with E-state index in [1.165, 1.54) is 12.4 Å². The highest BCUT2D eigenvalue weighted by molar-refractivity contribution is 9.10. The van der Waals surface area contributed by atoms with E-state index in [1.807, 2.05) is 6.92 Å². The Morgan fingerprint density at radius 1 is 1.27 bits per heavy atom. The molecule has 1 unspecified atom stereocenters. The quantitative estimate of drug-likeness (QED) is 0.753. The zero-order valence-electron chi connectivity index (χ0n) is 11.8. The van der Waals surface area contributed by atoms with Crippen molar-refractivity contribution in [3.8, 4) is 0 Å². The van der Waals surface area contributed by atoms with E-state index in [-0.39, 0.29) is 12.0 Å². The lowest BCUT2D eigenvalue weighted by Crippen LogP contribution is -2.36. The maximum Gasteiger partial charge on any atom is 0.267 e. The summed E-state index contributed by atoms with van der Waals surface area (Å²) in [7, 11) is 0. The minimum atomic E-state index is -2.15. The van der Waals surface area contributed by atoms with Crippen LogP contribution in [-0.2, 0) is 10.5 Å². The molecule has 1 amide bonds. The first kappa shape index (κ1) is 17.0. The maximum absolute atomic E-state index is 15.4. The molecule has 0 fully saturated rings. The van der Waals surface area contributed by atoms with Gasteiger partial charge in [0.1, 0.15) is 5.82 Å². The molecule has 2 rings (SSSR count). The van der Waals surface area contributed by atoms with Gasteiger partial charge in [-0.1, -0.05) is 13.3 Å². The Kier molecular flexibility index (Phi) is 5.63. The van der Waals surface area contributed by atoms with Crippen LogP contribution in [0.1, 0.15) is 25.3 Å². The molecule has 116 valence electrons. The van der Waals surface area contributed by atoms with E-state index in [4.69, 9.17) is 0 Å². The van der Waals surface area contributed by atoms with Crippen molar-refractivity contribution in [2.24, 2.45) is 0 Å². The normalized spacial score (nSPS) is 13.5. The topological polar surface area (TPSA) is 54.9 Å². The van der Waals surface area contributed by atoms with E-state index in [1.54, 1.807) is 24.4 Å². The average molecular weight is 431 g/mol. The number of carbonyl (C=O) groups is 1. The summed E-state index contributed by atoms with van der Waals surface area (Å²) < 4.78 is 16.8. The Hall–Kier alpha value is -1.34. The zero-order valence-corrected chi connectivity index (χ0v) is 15.0. The van der Waals surface area contributed by atoms with Gasteiger partial charge in [-0.2, -0.15) is 0 Å². The standard InChI is InChI=1S/C15H14Br2FN3O/c1-2-5-15(18,10-6-12(17)8-19-7-10)14(22)21-13-4-3-11(16)9-20-13/h3-4,6-9H,2,5H2,1H3,(H,20,21,22). The summed E-state index contributed by atoms with van der Waals surface area (Å²) >= 11 is 6.51. The van der Waals surface area contributed by atoms with Gasteiger partial charge < -0.3 is 5.32 Å². The molecular formula is C15H14Br2FN3O. The number of amides is 1. The Labute approximate surface area is 144 Å². The molecule has 2 heterocycles. The summed E-state index contributed by atoms with van der Waals surface area (Å²) in [5.41, 5.74) is -1.93. The van der Waals surface area contributed by atoms with Gasteiger partial charge in [-0.25, -0.2) is 9.37 Å². The largest absolute Gasteiger partial charge is 0.308 e. The van der Waals surface area contributed by atoms with E-state index in [0.29, 0.717) is 16.7 Å². The lowest BCUT2D eigenvalue weighted by Gasteiger charge is -2.24. The first-order valence-electron chi connectivity index (χ1n) is 6.68. The lowest BCUT2D eigenvalue weighted by molar-refractivity contribution is -0.128. The maximum atomic E-state index is 15.4. The van der Waals surface area contributed by atoms with Crippen LogP contribution in [0.5, 0.6) is 0 Å². The lowest BCUT2D eigenvalue weighted by atomic mass is 9.91. The Morgan fingerprint density at radius 2 is 2.05 bits per heavy atom. The van der Waals surface area contributed by atoms with Crippen LogP contribution < -0.4 is 5.32 Å². The van der Waals surface area contributed by atoms with Gasteiger partial charge in [0.05, 0.1) is 0 Å². The minimum absolute atomic E-state index is 0.0630. The molecule has 0 aliphatic carbocycles. The van der Waals surface area contributed by atoms with Crippen molar-refractivity contribution in [3.05, 3.63) is 51.3 Å². The van der Waals surface area contributed by atoms with Crippen LogP contribution in [0.4, 0.5) is 10.2 Å². The zero-order chi connectivity index (χ0) is 16.2. The van der Waals surface area contributed by atoms with Crippen molar-refractivity contribution in [1.82, 2.24) is 9.97 Å². The Balaban J connectivity index is 2.29. The molecule has 2 aromatic rings. The summed E-state index contributed by atoms with van der Waals surface area (Å²) in [4.78, 5) is 20.4. The molecule has 1 atom stereocenters. The number of nitrogens with zero attached hydrogens (tertiary/aromatic N) is 2. The number of nitrogens with one attached hydrogen (secondary N) is 1. The van der Waals surface area contributed by atoms with Crippen LogP contribution in [0.15, 0.2) is 45.7 Å². The van der Waals surface area contributed by atoms with E-state index >= 15 is 4.39 Å². The predicted octanol–water partition coefficient (Wildman–Crippen LogP) is 4.61. The molecule has 0 aliphatic rings. The molecule has 4 nitrogen and oxygen atoms in total. The van der Waals surface area contributed by atoms with Crippen molar-refractivity contribution >= 4 is 43.6 Å². The third-order valence-corrected chi connectivity index (χ3v) is 3.99. The molecule has 7 heteroatoms. The fourth-order valence-corrected chi connectivity index (χ4v) is 2.63. The molecule has 0 aliphatic heterocycles. The summed E-state index contributed by atoms with van der Waals surface area (Å²) in [5, 5.41) is 2.52. The van der Waals surface area contributed by atoms with Crippen molar-refractivity contribution in [3.63, 3.8) is 0 Å². The van der Waals surface area contributed by atoms with Gasteiger partial charge in [-0.05, 0) is 56.5 Å². The van der Waals surface area contributed by atoms with Crippen LogP contribution in [-0.4, -0.2) is 15.9 Å². The first-order chi connectivity index (χ1) is 10.5. The van der Waals surface area contributed by atoms with E-state index < -0.39 is 11.6 Å². The number of pyridine rings is 2. The molecule has 22 heavy (non-hydrogen) atoms. The van der Waals surface area contributed by atoms with Crippen LogP contribution >= 0.6 is 31.9 Å². The molecule has 0 spiro atoms. The van der Waals surface area contributed by atoms with Crippen LogP contribution in [0.3, 0.4) is 0 Å². The van der Waals surface area contributed by atoms with Crippen molar-refractivity contribution in [2.45, 2.75) is 25.4 Å². The SMILES string of the molecule is CCCC(F)(C(=O)Nc1ccc(Br)cn1)c1cncc(Br)c1. The number of alkyl halides is 1. The number of hydrogen-bond donors (Lipinski definition) is 1. The highest BCUT2D eigenvalue weighted by Gasteiger charge is 2.40. The average Bonchev–Trinajstić information content (AvgIpc) is 2.49. The van der Waals surface area contributed by atoms with Crippen LogP contribution in [0, 0.1) is 0 Å². The Morgan fingerprint density at radius 3 is 2.64 bits per heavy atom. The van der Waals surface area contributed by atoms with Gasteiger partial charge in [0, 0.05) is 33.1 Å². The Bertz CT molecular complexity index is 666. The van der Waals surface area contributed by atoms with Gasteiger partial charge in [-0.15, -0.1) is 0 Å².